The van der Waals surface area contributed by atoms with Crippen LogP contribution in [0, 0.1) is 19.3 Å². The molecule has 0 aromatic carbocycles. The van der Waals surface area contributed by atoms with Gasteiger partial charge in [0.05, 0.1) is 17.9 Å². The Labute approximate surface area is 117 Å². The molecular formula is C14H17N5O. The van der Waals surface area contributed by atoms with Gasteiger partial charge in [-0.15, -0.1) is 5.10 Å². The Morgan fingerprint density at radius 3 is 2.75 bits per heavy atom. The molecule has 3 N–H and O–H groups in total. The predicted molar refractivity (Wildman–Crippen MR) is 76.0 cm³/mol. The lowest BCUT2D eigenvalue weighted by molar-refractivity contribution is 0.303. The van der Waals surface area contributed by atoms with Crippen molar-refractivity contribution in [2.24, 2.45) is 5.73 Å². The molecule has 0 aliphatic carbocycles. The molecule has 0 spiro atoms. The normalized spacial score (nSPS) is 10.3. The molecule has 20 heavy (non-hydrogen) atoms. The number of aromatic nitrogens is 3. The summed E-state index contributed by atoms with van der Waals surface area (Å²) >= 11 is 0. The van der Waals surface area contributed by atoms with Crippen molar-refractivity contribution < 1.29 is 4.74 Å². The van der Waals surface area contributed by atoms with Gasteiger partial charge in [0.1, 0.15) is 5.84 Å². The van der Waals surface area contributed by atoms with Gasteiger partial charge in [0.15, 0.2) is 0 Å². The number of nitrogens with one attached hydrogen (secondary N) is 1. The van der Waals surface area contributed by atoms with Crippen LogP contribution in [-0.2, 0) is 6.42 Å². The minimum atomic E-state index is -0.0617. The van der Waals surface area contributed by atoms with Gasteiger partial charge in [0.2, 0.25) is 5.88 Å². The zero-order valence-corrected chi connectivity index (χ0v) is 11.6. The highest BCUT2D eigenvalue weighted by Crippen LogP contribution is 2.19. The molecular weight excluding hydrogens is 254 g/mol. The van der Waals surface area contributed by atoms with Gasteiger partial charge in [-0.05, 0) is 31.5 Å². The third-order valence-electron chi connectivity index (χ3n) is 3.01. The van der Waals surface area contributed by atoms with E-state index in [4.69, 9.17) is 15.9 Å². The summed E-state index contributed by atoms with van der Waals surface area (Å²) in [5.74, 6) is 0.241. The fourth-order valence-corrected chi connectivity index (χ4v) is 1.80. The van der Waals surface area contributed by atoms with Crippen LogP contribution in [0.5, 0.6) is 5.88 Å². The molecule has 2 aromatic rings. The molecule has 0 radical (unpaired) electrons. The third kappa shape index (κ3) is 3.09. The summed E-state index contributed by atoms with van der Waals surface area (Å²) in [6, 6.07) is 5.73. The molecule has 0 fully saturated rings. The van der Waals surface area contributed by atoms with Gasteiger partial charge in [-0.1, -0.05) is 6.07 Å². The van der Waals surface area contributed by atoms with Crippen molar-refractivity contribution in [1.29, 1.82) is 5.41 Å². The van der Waals surface area contributed by atoms with Crippen molar-refractivity contribution in [3.05, 3.63) is 46.9 Å². The van der Waals surface area contributed by atoms with Gasteiger partial charge < -0.3 is 10.5 Å². The molecule has 2 aromatic heterocycles. The molecule has 104 valence electrons. The van der Waals surface area contributed by atoms with Crippen molar-refractivity contribution in [3.63, 3.8) is 0 Å². The molecule has 0 aliphatic heterocycles. The molecule has 0 saturated carbocycles. The van der Waals surface area contributed by atoms with E-state index in [9.17, 15) is 0 Å². The van der Waals surface area contributed by atoms with E-state index < -0.39 is 0 Å². The molecule has 6 heteroatoms. The van der Waals surface area contributed by atoms with Crippen LogP contribution in [0.15, 0.2) is 24.4 Å². The number of aryl methyl sites for hydroxylation is 1. The van der Waals surface area contributed by atoms with Crippen LogP contribution >= 0.6 is 0 Å². The number of hydrogen-bond donors (Lipinski definition) is 2. The van der Waals surface area contributed by atoms with Gasteiger partial charge in [0, 0.05) is 18.3 Å². The molecule has 0 unspecified atom stereocenters. The molecule has 0 atom stereocenters. The predicted octanol–water partition coefficient (Wildman–Crippen LogP) is 1.39. The van der Waals surface area contributed by atoms with Crippen molar-refractivity contribution in [2.45, 2.75) is 20.3 Å². The van der Waals surface area contributed by atoms with Crippen molar-refractivity contribution in [2.75, 3.05) is 6.61 Å². The fraction of sp³-hybridized carbons (Fsp3) is 0.286. The molecule has 0 saturated heterocycles. The van der Waals surface area contributed by atoms with E-state index in [1.165, 1.54) is 0 Å². The number of amidine groups is 1. The molecule has 6 nitrogen and oxygen atoms in total. The quantitative estimate of drug-likeness (QED) is 0.632. The number of nitrogen functional groups attached to an aromatic ring is 1. The Bertz CT molecular complexity index is 612. The van der Waals surface area contributed by atoms with Crippen LogP contribution in [-0.4, -0.2) is 27.6 Å². The maximum Gasteiger partial charge on any atom is 0.244 e. The smallest absolute Gasteiger partial charge is 0.244 e. The summed E-state index contributed by atoms with van der Waals surface area (Å²) in [4.78, 5) is 4.22. The van der Waals surface area contributed by atoms with Crippen LogP contribution in [0.3, 0.4) is 0 Å². The molecule has 2 rings (SSSR count). The van der Waals surface area contributed by atoms with Crippen molar-refractivity contribution >= 4 is 5.84 Å². The topological polar surface area (TPSA) is 97.8 Å². The van der Waals surface area contributed by atoms with E-state index in [1.54, 1.807) is 6.20 Å². The summed E-state index contributed by atoms with van der Waals surface area (Å²) in [7, 11) is 0. The average Bonchev–Trinajstić information content (AvgIpc) is 2.43. The second kappa shape index (κ2) is 6.10. The molecule has 0 bridgehead atoms. The number of nitrogens with zero attached hydrogens (tertiary/aromatic N) is 3. The first-order valence-electron chi connectivity index (χ1n) is 6.30. The van der Waals surface area contributed by atoms with Gasteiger partial charge in [-0.3, -0.25) is 10.4 Å². The summed E-state index contributed by atoms with van der Waals surface area (Å²) in [5, 5.41) is 15.6. The van der Waals surface area contributed by atoms with Gasteiger partial charge in [-0.2, -0.15) is 5.10 Å². The zero-order chi connectivity index (χ0) is 14.5. The first-order valence-corrected chi connectivity index (χ1v) is 6.30. The van der Waals surface area contributed by atoms with E-state index in [1.807, 2.05) is 32.0 Å². The van der Waals surface area contributed by atoms with Crippen LogP contribution < -0.4 is 10.5 Å². The first-order chi connectivity index (χ1) is 9.59. The van der Waals surface area contributed by atoms with E-state index in [0.717, 1.165) is 17.0 Å². The van der Waals surface area contributed by atoms with Crippen LogP contribution in [0.25, 0.3) is 0 Å². The number of nitrogens with two attached hydrogens (primary N) is 1. The lowest BCUT2D eigenvalue weighted by Crippen LogP contribution is -2.18. The Balaban J connectivity index is 2.10. The standard InChI is InChI=1S/C14H17N5O/c1-9-10(2)18-19-14(12(9)13(15)16)20-8-6-11-5-3-4-7-17-11/h3-5,7H,6,8H2,1-2H3,(H3,15,16). The highest BCUT2D eigenvalue weighted by Gasteiger charge is 2.14. The van der Waals surface area contributed by atoms with Gasteiger partial charge in [0.25, 0.3) is 0 Å². The average molecular weight is 271 g/mol. The fourth-order valence-electron chi connectivity index (χ4n) is 1.80. The van der Waals surface area contributed by atoms with Crippen molar-refractivity contribution in [1.82, 2.24) is 15.2 Å². The maximum atomic E-state index is 7.63. The Morgan fingerprint density at radius 2 is 2.10 bits per heavy atom. The van der Waals surface area contributed by atoms with Crippen LogP contribution in [0.2, 0.25) is 0 Å². The zero-order valence-electron chi connectivity index (χ0n) is 11.6. The van der Waals surface area contributed by atoms with E-state index >= 15 is 0 Å². The summed E-state index contributed by atoms with van der Waals surface area (Å²) in [6.45, 7) is 4.09. The molecule has 0 aliphatic rings. The van der Waals surface area contributed by atoms with E-state index in [0.29, 0.717) is 24.5 Å². The molecule has 0 amide bonds. The highest BCUT2D eigenvalue weighted by atomic mass is 16.5. The highest BCUT2D eigenvalue weighted by molar-refractivity contribution is 5.98. The minimum absolute atomic E-state index is 0.0617. The van der Waals surface area contributed by atoms with Gasteiger partial charge in [-0.25, -0.2) is 0 Å². The summed E-state index contributed by atoms with van der Waals surface area (Å²) in [5.41, 5.74) is 8.60. The lowest BCUT2D eigenvalue weighted by Gasteiger charge is -2.12. The monoisotopic (exact) mass is 271 g/mol. The van der Waals surface area contributed by atoms with Crippen LogP contribution in [0.4, 0.5) is 0 Å². The van der Waals surface area contributed by atoms with Gasteiger partial charge >= 0.3 is 0 Å². The second-order valence-electron chi connectivity index (χ2n) is 4.42. The number of pyridine rings is 1. The summed E-state index contributed by atoms with van der Waals surface area (Å²) < 4.78 is 5.60. The lowest BCUT2D eigenvalue weighted by atomic mass is 10.1. The molecule has 2 heterocycles. The van der Waals surface area contributed by atoms with E-state index in [2.05, 4.69) is 15.2 Å². The summed E-state index contributed by atoms with van der Waals surface area (Å²) in [6.07, 6.45) is 2.40. The number of rotatable bonds is 5. The number of ether oxygens (including phenoxy) is 1. The third-order valence-corrected chi connectivity index (χ3v) is 3.01. The Morgan fingerprint density at radius 1 is 1.30 bits per heavy atom. The maximum absolute atomic E-state index is 7.63. The number of hydrogen-bond acceptors (Lipinski definition) is 5. The first kappa shape index (κ1) is 13.9. The largest absolute Gasteiger partial charge is 0.476 e. The van der Waals surface area contributed by atoms with E-state index in [-0.39, 0.29) is 5.84 Å². The Hall–Kier alpha value is -2.50. The van der Waals surface area contributed by atoms with Crippen LogP contribution in [0.1, 0.15) is 22.5 Å². The van der Waals surface area contributed by atoms with Crippen molar-refractivity contribution in [3.8, 4) is 5.88 Å². The Kier molecular flexibility index (Phi) is 4.24. The SMILES string of the molecule is Cc1nnc(OCCc2ccccn2)c(C(=N)N)c1C. The minimum Gasteiger partial charge on any atom is -0.476 e. The second-order valence-corrected chi connectivity index (χ2v) is 4.42.